The summed E-state index contributed by atoms with van der Waals surface area (Å²) in [6.07, 6.45) is 4.84. The van der Waals surface area contributed by atoms with Crippen molar-refractivity contribution >= 4 is 23.5 Å². The van der Waals surface area contributed by atoms with Crippen LogP contribution in [0.2, 0.25) is 0 Å². The highest BCUT2D eigenvalue weighted by molar-refractivity contribution is 5.87. The lowest BCUT2D eigenvalue weighted by Crippen LogP contribution is -2.46. The number of rotatable bonds is 3. The van der Waals surface area contributed by atoms with Crippen LogP contribution in [0.4, 0.5) is 5.82 Å². The number of phenols is 1. The molecule has 7 nitrogen and oxygen atoms in total. The Labute approximate surface area is 159 Å². The summed E-state index contributed by atoms with van der Waals surface area (Å²) < 4.78 is 0. The number of aromatic hydroxyl groups is 1. The van der Waals surface area contributed by atoms with Gasteiger partial charge in [-0.05, 0) is 37.4 Å². The first-order chi connectivity index (χ1) is 12.9. The van der Waals surface area contributed by atoms with Gasteiger partial charge in [0.05, 0.1) is 0 Å². The van der Waals surface area contributed by atoms with Gasteiger partial charge in [0.15, 0.2) is 0 Å². The molecule has 0 atom stereocenters. The lowest BCUT2D eigenvalue weighted by atomic mass is 10.1. The van der Waals surface area contributed by atoms with E-state index in [0.717, 1.165) is 31.7 Å². The zero-order valence-electron chi connectivity index (χ0n) is 15.6. The summed E-state index contributed by atoms with van der Waals surface area (Å²) in [5.74, 6) is 0.766. The van der Waals surface area contributed by atoms with Gasteiger partial charge in [0.1, 0.15) is 11.6 Å². The van der Waals surface area contributed by atoms with E-state index in [0.29, 0.717) is 17.1 Å². The second-order valence-electron chi connectivity index (χ2n) is 6.30. The SMILES string of the molecule is C=CC(=O)N1CCN(C)CC1.N/C(=C\c1cc[nH]c1N)c1ccccc1O. The normalized spacial score (nSPS) is 15.0. The Bertz CT molecular complexity index is 804. The number of hydrogen-bond acceptors (Lipinski definition) is 5. The van der Waals surface area contributed by atoms with Crippen LogP contribution in [0.15, 0.2) is 49.2 Å². The van der Waals surface area contributed by atoms with Crippen molar-refractivity contribution in [3.63, 3.8) is 0 Å². The molecule has 3 rings (SSSR count). The number of anilines is 1. The van der Waals surface area contributed by atoms with Crippen molar-refractivity contribution in [2.45, 2.75) is 0 Å². The fraction of sp³-hybridized carbons (Fsp3) is 0.250. The molecule has 1 aromatic carbocycles. The molecule has 1 saturated heterocycles. The van der Waals surface area contributed by atoms with Crippen molar-refractivity contribution in [3.05, 3.63) is 60.3 Å². The summed E-state index contributed by atoms with van der Waals surface area (Å²) in [6, 6.07) is 8.73. The average Bonchev–Trinajstić information content (AvgIpc) is 3.07. The predicted molar refractivity (Wildman–Crippen MR) is 110 cm³/mol. The average molecular weight is 369 g/mol. The van der Waals surface area contributed by atoms with Gasteiger partial charge in [-0.15, -0.1) is 0 Å². The third-order valence-corrected chi connectivity index (χ3v) is 4.33. The van der Waals surface area contributed by atoms with Gasteiger partial charge in [0, 0.05) is 49.2 Å². The number of amides is 1. The molecule has 144 valence electrons. The Morgan fingerprint density at radius 1 is 1.22 bits per heavy atom. The Balaban J connectivity index is 0.000000208. The number of phenolic OH excluding ortho intramolecular Hbond substituents is 1. The van der Waals surface area contributed by atoms with Crippen LogP contribution in [0, 0.1) is 0 Å². The molecule has 0 aliphatic carbocycles. The minimum absolute atomic E-state index is 0.0538. The summed E-state index contributed by atoms with van der Waals surface area (Å²) >= 11 is 0. The number of nitrogens with two attached hydrogens (primary N) is 2. The van der Waals surface area contributed by atoms with Crippen LogP contribution in [0.3, 0.4) is 0 Å². The van der Waals surface area contributed by atoms with Gasteiger partial charge >= 0.3 is 0 Å². The highest BCUT2D eigenvalue weighted by atomic mass is 16.3. The van der Waals surface area contributed by atoms with Crippen molar-refractivity contribution in [2.75, 3.05) is 39.0 Å². The molecule has 0 spiro atoms. The van der Waals surface area contributed by atoms with Crippen LogP contribution in [0.25, 0.3) is 11.8 Å². The first kappa shape index (κ1) is 20.1. The van der Waals surface area contributed by atoms with Crippen LogP contribution >= 0.6 is 0 Å². The first-order valence-electron chi connectivity index (χ1n) is 8.70. The van der Waals surface area contributed by atoms with Gasteiger partial charge in [-0.25, -0.2) is 0 Å². The molecule has 2 aromatic rings. The van der Waals surface area contributed by atoms with Gasteiger partial charge in [-0.2, -0.15) is 0 Å². The van der Waals surface area contributed by atoms with Crippen molar-refractivity contribution in [1.29, 1.82) is 0 Å². The molecule has 1 amide bonds. The van der Waals surface area contributed by atoms with E-state index in [2.05, 4.69) is 23.5 Å². The number of hydrogen-bond donors (Lipinski definition) is 4. The van der Waals surface area contributed by atoms with Crippen LogP contribution in [-0.4, -0.2) is 59.0 Å². The monoisotopic (exact) mass is 369 g/mol. The van der Waals surface area contributed by atoms with Crippen molar-refractivity contribution in [1.82, 2.24) is 14.8 Å². The van der Waals surface area contributed by atoms with Crippen LogP contribution in [-0.2, 0) is 4.79 Å². The van der Waals surface area contributed by atoms with E-state index in [9.17, 15) is 9.90 Å². The smallest absolute Gasteiger partial charge is 0.246 e. The first-order valence-corrected chi connectivity index (χ1v) is 8.70. The molecule has 6 N–H and O–H groups in total. The molecule has 0 unspecified atom stereocenters. The third-order valence-electron chi connectivity index (χ3n) is 4.33. The van der Waals surface area contributed by atoms with E-state index >= 15 is 0 Å². The molecule has 1 aromatic heterocycles. The quantitative estimate of drug-likeness (QED) is 0.616. The minimum atomic E-state index is 0.0538. The van der Waals surface area contributed by atoms with Gasteiger partial charge in [-0.3, -0.25) is 4.79 Å². The van der Waals surface area contributed by atoms with Gasteiger partial charge < -0.3 is 31.4 Å². The van der Waals surface area contributed by atoms with Crippen LogP contribution in [0.5, 0.6) is 5.75 Å². The number of aromatic nitrogens is 1. The molecule has 1 aliphatic rings. The van der Waals surface area contributed by atoms with Gasteiger partial charge in [0.2, 0.25) is 5.91 Å². The number of carbonyl (C=O) groups excluding carboxylic acids is 1. The van der Waals surface area contributed by atoms with Crippen LogP contribution in [0.1, 0.15) is 11.1 Å². The second kappa shape index (κ2) is 9.49. The Morgan fingerprint density at radius 3 is 2.44 bits per heavy atom. The molecular weight excluding hydrogens is 342 g/mol. The summed E-state index contributed by atoms with van der Waals surface area (Å²) in [5, 5.41) is 9.62. The van der Waals surface area contributed by atoms with E-state index in [1.807, 2.05) is 17.0 Å². The number of nitrogen functional groups attached to an aromatic ring is 1. The Hall–Kier alpha value is -3.19. The van der Waals surface area contributed by atoms with E-state index in [1.165, 1.54) is 6.08 Å². The zero-order chi connectivity index (χ0) is 19.8. The predicted octanol–water partition coefficient (Wildman–Crippen LogP) is 1.71. The summed E-state index contributed by atoms with van der Waals surface area (Å²) in [6.45, 7) is 7.06. The van der Waals surface area contributed by atoms with Gasteiger partial charge in [0.25, 0.3) is 0 Å². The summed E-state index contributed by atoms with van der Waals surface area (Å²) in [5.41, 5.74) is 13.5. The van der Waals surface area contributed by atoms with Crippen molar-refractivity contribution < 1.29 is 9.90 Å². The fourth-order valence-corrected chi connectivity index (χ4v) is 2.64. The molecule has 0 bridgehead atoms. The molecule has 1 fully saturated rings. The molecule has 0 radical (unpaired) electrons. The number of aromatic amines is 1. The van der Waals surface area contributed by atoms with Crippen molar-refractivity contribution in [2.24, 2.45) is 5.73 Å². The lowest BCUT2D eigenvalue weighted by Gasteiger charge is -2.31. The number of carbonyl (C=O) groups is 1. The lowest BCUT2D eigenvalue weighted by molar-refractivity contribution is -0.127. The number of likely N-dealkylation sites (N-methyl/N-ethyl adjacent to an activating group) is 1. The maximum absolute atomic E-state index is 11.1. The number of piperazine rings is 1. The Morgan fingerprint density at radius 2 is 1.89 bits per heavy atom. The topological polar surface area (TPSA) is 112 Å². The maximum Gasteiger partial charge on any atom is 0.246 e. The highest BCUT2D eigenvalue weighted by Crippen LogP contribution is 2.24. The number of nitrogens with one attached hydrogen (secondary N) is 1. The molecule has 27 heavy (non-hydrogen) atoms. The molecule has 2 heterocycles. The standard InChI is InChI=1S/C12H13N3O.C8H14N2O/c13-10(7-8-5-6-15-12(8)14)9-3-1-2-4-11(9)16;1-3-8(11)10-6-4-9(2)5-7-10/h1-7,15-16H,13-14H2;3H,1,4-7H2,2H3/b10-7-;. The highest BCUT2D eigenvalue weighted by Gasteiger charge is 2.15. The summed E-state index contributed by atoms with van der Waals surface area (Å²) in [4.78, 5) is 18.0. The second-order valence-corrected chi connectivity index (χ2v) is 6.30. The maximum atomic E-state index is 11.1. The number of H-pyrrole nitrogens is 1. The van der Waals surface area contributed by atoms with Gasteiger partial charge in [-0.1, -0.05) is 18.7 Å². The molecular formula is C20H27N5O2. The third kappa shape index (κ3) is 5.65. The van der Waals surface area contributed by atoms with E-state index in [-0.39, 0.29) is 11.7 Å². The number of benzene rings is 1. The van der Waals surface area contributed by atoms with E-state index in [1.54, 1.807) is 30.5 Å². The largest absolute Gasteiger partial charge is 0.507 e. The fourth-order valence-electron chi connectivity index (χ4n) is 2.64. The van der Waals surface area contributed by atoms with Crippen molar-refractivity contribution in [3.8, 4) is 5.75 Å². The summed E-state index contributed by atoms with van der Waals surface area (Å²) in [7, 11) is 2.07. The molecule has 1 aliphatic heterocycles. The zero-order valence-corrected chi connectivity index (χ0v) is 15.6. The van der Waals surface area contributed by atoms with E-state index in [4.69, 9.17) is 11.5 Å². The van der Waals surface area contributed by atoms with Crippen LogP contribution < -0.4 is 11.5 Å². The molecule has 7 heteroatoms. The van der Waals surface area contributed by atoms with E-state index < -0.39 is 0 Å². The number of para-hydroxylation sites is 1. The number of nitrogens with zero attached hydrogens (tertiary/aromatic N) is 2. The Kier molecular flexibility index (Phi) is 7.08. The molecule has 0 saturated carbocycles. The minimum Gasteiger partial charge on any atom is -0.507 e.